The standard InChI is InChI=1S/C13H14N2O/c1-2-15(11-7-4-3-5-8-11)13(16)12-9-6-10-14-12/h3-10,14H,2H2,1H3. The van der Waals surface area contributed by atoms with E-state index in [1.807, 2.05) is 43.3 Å². The number of nitrogens with one attached hydrogen (secondary N) is 1. The molecular weight excluding hydrogens is 200 g/mol. The molecule has 0 radical (unpaired) electrons. The Morgan fingerprint density at radius 1 is 1.19 bits per heavy atom. The van der Waals surface area contributed by atoms with Gasteiger partial charge in [0.1, 0.15) is 5.69 Å². The van der Waals surface area contributed by atoms with Crippen LogP contribution in [-0.4, -0.2) is 17.4 Å². The van der Waals surface area contributed by atoms with Crippen LogP contribution in [0.15, 0.2) is 48.7 Å². The van der Waals surface area contributed by atoms with E-state index in [9.17, 15) is 4.79 Å². The lowest BCUT2D eigenvalue weighted by Crippen LogP contribution is -2.30. The second-order valence-electron chi connectivity index (χ2n) is 3.47. The average molecular weight is 214 g/mol. The van der Waals surface area contributed by atoms with Crippen molar-refractivity contribution in [3.63, 3.8) is 0 Å². The van der Waals surface area contributed by atoms with Gasteiger partial charge in [0.05, 0.1) is 0 Å². The number of aromatic nitrogens is 1. The molecule has 2 rings (SSSR count). The van der Waals surface area contributed by atoms with Crippen molar-refractivity contribution in [2.75, 3.05) is 11.4 Å². The topological polar surface area (TPSA) is 36.1 Å². The van der Waals surface area contributed by atoms with Gasteiger partial charge in [-0.3, -0.25) is 4.79 Å². The Morgan fingerprint density at radius 2 is 1.94 bits per heavy atom. The fraction of sp³-hybridized carbons (Fsp3) is 0.154. The lowest BCUT2D eigenvalue weighted by Gasteiger charge is -2.20. The minimum Gasteiger partial charge on any atom is -0.357 e. The van der Waals surface area contributed by atoms with Gasteiger partial charge < -0.3 is 9.88 Å². The summed E-state index contributed by atoms with van der Waals surface area (Å²) in [6, 6.07) is 13.3. The van der Waals surface area contributed by atoms with E-state index < -0.39 is 0 Å². The van der Waals surface area contributed by atoms with Crippen molar-refractivity contribution in [3.8, 4) is 0 Å². The molecule has 1 N–H and O–H groups in total. The number of benzene rings is 1. The van der Waals surface area contributed by atoms with E-state index in [4.69, 9.17) is 0 Å². The van der Waals surface area contributed by atoms with Crippen LogP contribution in [0.3, 0.4) is 0 Å². The summed E-state index contributed by atoms with van der Waals surface area (Å²) in [7, 11) is 0. The van der Waals surface area contributed by atoms with Gasteiger partial charge in [0.15, 0.2) is 0 Å². The van der Waals surface area contributed by atoms with Crippen LogP contribution in [0.4, 0.5) is 5.69 Å². The van der Waals surface area contributed by atoms with Crippen molar-refractivity contribution in [1.29, 1.82) is 0 Å². The zero-order valence-electron chi connectivity index (χ0n) is 9.18. The molecule has 0 fully saturated rings. The van der Waals surface area contributed by atoms with Crippen molar-refractivity contribution in [2.24, 2.45) is 0 Å². The molecule has 1 aromatic carbocycles. The Morgan fingerprint density at radius 3 is 2.50 bits per heavy atom. The van der Waals surface area contributed by atoms with Crippen molar-refractivity contribution in [3.05, 3.63) is 54.4 Å². The molecule has 82 valence electrons. The molecule has 0 saturated heterocycles. The third kappa shape index (κ3) is 1.98. The van der Waals surface area contributed by atoms with Crippen LogP contribution in [0.25, 0.3) is 0 Å². The Hall–Kier alpha value is -2.03. The first-order valence-electron chi connectivity index (χ1n) is 5.33. The molecule has 1 heterocycles. The number of rotatable bonds is 3. The van der Waals surface area contributed by atoms with Crippen LogP contribution in [0.2, 0.25) is 0 Å². The number of nitrogens with zero attached hydrogens (tertiary/aromatic N) is 1. The normalized spacial score (nSPS) is 10.1. The number of H-pyrrole nitrogens is 1. The maximum Gasteiger partial charge on any atom is 0.274 e. The second-order valence-corrected chi connectivity index (χ2v) is 3.47. The molecule has 3 nitrogen and oxygen atoms in total. The quantitative estimate of drug-likeness (QED) is 0.837. The fourth-order valence-electron chi connectivity index (χ4n) is 1.66. The maximum absolute atomic E-state index is 12.1. The van der Waals surface area contributed by atoms with E-state index in [1.165, 1.54) is 0 Å². The number of hydrogen-bond acceptors (Lipinski definition) is 1. The minimum absolute atomic E-state index is 0.00120. The Balaban J connectivity index is 2.27. The summed E-state index contributed by atoms with van der Waals surface area (Å²) in [5.74, 6) is -0.00120. The van der Waals surface area contributed by atoms with Gasteiger partial charge in [0.25, 0.3) is 5.91 Å². The summed E-state index contributed by atoms with van der Waals surface area (Å²) in [5.41, 5.74) is 1.54. The first kappa shape index (κ1) is 10.5. The summed E-state index contributed by atoms with van der Waals surface area (Å²) >= 11 is 0. The third-order valence-electron chi connectivity index (χ3n) is 2.46. The average Bonchev–Trinajstić information content (AvgIpc) is 2.85. The number of para-hydroxylation sites is 1. The highest BCUT2D eigenvalue weighted by Crippen LogP contribution is 2.15. The summed E-state index contributed by atoms with van der Waals surface area (Å²) in [4.78, 5) is 16.8. The second kappa shape index (κ2) is 4.66. The van der Waals surface area contributed by atoms with Crippen molar-refractivity contribution < 1.29 is 4.79 Å². The van der Waals surface area contributed by atoms with Crippen molar-refractivity contribution in [2.45, 2.75) is 6.92 Å². The molecule has 0 saturated carbocycles. The number of hydrogen-bond donors (Lipinski definition) is 1. The summed E-state index contributed by atoms with van der Waals surface area (Å²) in [5, 5.41) is 0. The molecule has 1 amide bonds. The minimum atomic E-state index is -0.00120. The highest BCUT2D eigenvalue weighted by Gasteiger charge is 2.15. The zero-order valence-corrected chi connectivity index (χ0v) is 9.18. The van der Waals surface area contributed by atoms with E-state index >= 15 is 0 Å². The van der Waals surface area contributed by atoms with Crippen LogP contribution in [0.5, 0.6) is 0 Å². The van der Waals surface area contributed by atoms with Gasteiger partial charge in [-0.1, -0.05) is 18.2 Å². The lowest BCUT2D eigenvalue weighted by molar-refractivity contribution is 0.0984. The fourth-order valence-corrected chi connectivity index (χ4v) is 1.66. The molecular formula is C13H14N2O. The van der Waals surface area contributed by atoms with Crippen LogP contribution in [-0.2, 0) is 0 Å². The third-order valence-corrected chi connectivity index (χ3v) is 2.46. The molecule has 0 atom stereocenters. The Labute approximate surface area is 94.7 Å². The van der Waals surface area contributed by atoms with Crippen molar-refractivity contribution >= 4 is 11.6 Å². The molecule has 2 aromatic rings. The largest absolute Gasteiger partial charge is 0.357 e. The predicted octanol–water partition coefficient (Wildman–Crippen LogP) is 2.68. The smallest absolute Gasteiger partial charge is 0.274 e. The molecule has 1 aromatic heterocycles. The summed E-state index contributed by atoms with van der Waals surface area (Å²) < 4.78 is 0. The lowest BCUT2D eigenvalue weighted by atomic mass is 10.2. The van der Waals surface area contributed by atoms with Crippen LogP contribution in [0, 0.1) is 0 Å². The van der Waals surface area contributed by atoms with Gasteiger partial charge in [0.2, 0.25) is 0 Å². The first-order chi connectivity index (χ1) is 7.83. The van der Waals surface area contributed by atoms with Gasteiger partial charge >= 0.3 is 0 Å². The molecule has 0 aliphatic heterocycles. The highest BCUT2D eigenvalue weighted by atomic mass is 16.2. The van der Waals surface area contributed by atoms with Gasteiger partial charge in [0, 0.05) is 18.4 Å². The number of aromatic amines is 1. The molecule has 0 unspecified atom stereocenters. The monoisotopic (exact) mass is 214 g/mol. The van der Waals surface area contributed by atoms with Crippen molar-refractivity contribution in [1.82, 2.24) is 4.98 Å². The SMILES string of the molecule is CCN(C(=O)c1ccc[nH]1)c1ccccc1. The van der Waals surface area contributed by atoms with E-state index in [1.54, 1.807) is 17.2 Å². The van der Waals surface area contributed by atoms with Crippen LogP contribution < -0.4 is 4.90 Å². The molecule has 0 aliphatic carbocycles. The maximum atomic E-state index is 12.1. The molecule has 0 aliphatic rings. The number of carbonyl (C=O) groups is 1. The van der Waals surface area contributed by atoms with Crippen LogP contribution in [0.1, 0.15) is 17.4 Å². The highest BCUT2D eigenvalue weighted by molar-refractivity contribution is 6.04. The molecule has 3 heteroatoms. The summed E-state index contributed by atoms with van der Waals surface area (Å²) in [6.45, 7) is 2.62. The predicted molar refractivity (Wildman–Crippen MR) is 64.6 cm³/mol. The summed E-state index contributed by atoms with van der Waals surface area (Å²) in [6.07, 6.45) is 1.76. The van der Waals surface area contributed by atoms with Gasteiger partial charge in [-0.2, -0.15) is 0 Å². The molecule has 16 heavy (non-hydrogen) atoms. The number of carbonyl (C=O) groups excluding carboxylic acids is 1. The number of anilines is 1. The molecule has 0 spiro atoms. The van der Waals surface area contributed by atoms with Crippen LogP contribution >= 0.6 is 0 Å². The first-order valence-corrected chi connectivity index (χ1v) is 5.33. The zero-order chi connectivity index (χ0) is 11.4. The van der Waals surface area contributed by atoms with Gasteiger partial charge in [-0.25, -0.2) is 0 Å². The number of amides is 1. The van der Waals surface area contributed by atoms with E-state index in [-0.39, 0.29) is 5.91 Å². The van der Waals surface area contributed by atoms with E-state index in [0.717, 1.165) is 5.69 Å². The van der Waals surface area contributed by atoms with Gasteiger partial charge in [-0.15, -0.1) is 0 Å². The van der Waals surface area contributed by atoms with E-state index in [0.29, 0.717) is 12.2 Å². The van der Waals surface area contributed by atoms with Gasteiger partial charge in [-0.05, 0) is 31.2 Å². The molecule has 0 bridgehead atoms. The van der Waals surface area contributed by atoms with E-state index in [2.05, 4.69) is 4.98 Å². The Bertz CT molecular complexity index is 448. The Kier molecular flexibility index (Phi) is 3.05.